The first-order valence-corrected chi connectivity index (χ1v) is 4.74. The van der Waals surface area contributed by atoms with E-state index in [1.54, 1.807) is 0 Å². The highest BCUT2D eigenvalue weighted by Crippen LogP contribution is 2.49. The van der Waals surface area contributed by atoms with Crippen molar-refractivity contribution >= 4 is 0 Å². The molecule has 0 aliphatic rings. The first kappa shape index (κ1) is 19.2. The Morgan fingerprint density at radius 3 is 1.30 bits per heavy atom. The van der Waals surface area contributed by atoms with Gasteiger partial charge in [-0.1, -0.05) is 0 Å². The van der Waals surface area contributed by atoms with Crippen LogP contribution < -0.4 is 0 Å². The third-order valence-electron chi connectivity index (χ3n) is 1.92. The highest BCUT2D eigenvalue weighted by Gasteiger charge is 2.77. The summed E-state index contributed by atoms with van der Waals surface area (Å²) in [6.45, 7) is -0.837. The van der Waals surface area contributed by atoms with E-state index in [0.29, 0.717) is 0 Å². The van der Waals surface area contributed by atoms with Crippen LogP contribution in [0.25, 0.3) is 0 Å². The first-order chi connectivity index (χ1) is 8.55. The second kappa shape index (κ2) is 5.54. The summed E-state index contributed by atoms with van der Waals surface area (Å²) >= 11 is 0. The van der Waals surface area contributed by atoms with Crippen molar-refractivity contribution in [2.45, 2.75) is 43.3 Å². The predicted molar refractivity (Wildman–Crippen MR) is 43.4 cm³/mol. The predicted octanol–water partition coefficient (Wildman–Crippen LogP) is 3.15. The lowest BCUT2D eigenvalue weighted by atomic mass is 10.0. The molecule has 1 unspecified atom stereocenters. The largest absolute Gasteiger partial charge is 0.456 e. The average Bonchev–Trinajstić information content (AvgIpc) is 2.12. The monoisotopic (exact) mass is 326 g/mol. The van der Waals surface area contributed by atoms with Crippen LogP contribution in [0, 0.1) is 0 Å². The fraction of sp³-hybridized carbons (Fsp3) is 1.00. The van der Waals surface area contributed by atoms with Crippen molar-refractivity contribution in [1.29, 1.82) is 0 Å². The van der Waals surface area contributed by atoms with E-state index < -0.39 is 43.0 Å². The number of hydrogen-bond acceptors (Lipinski definition) is 2. The topological polar surface area (TPSA) is 29.5 Å². The van der Waals surface area contributed by atoms with Gasteiger partial charge in [0.2, 0.25) is 6.10 Å². The Balaban J connectivity index is 5.63. The summed E-state index contributed by atoms with van der Waals surface area (Å²) in [4.78, 5) is 0. The van der Waals surface area contributed by atoms with Crippen molar-refractivity contribution in [3.8, 4) is 0 Å². The number of alkyl halides is 10. The van der Waals surface area contributed by atoms with Gasteiger partial charge in [-0.05, 0) is 6.92 Å². The van der Waals surface area contributed by atoms with Gasteiger partial charge in [-0.15, -0.1) is 0 Å². The second-order valence-corrected chi connectivity index (χ2v) is 3.80. The van der Waals surface area contributed by atoms with Crippen LogP contribution in [0.4, 0.5) is 43.9 Å². The molecule has 20 heavy (non-hydrogen) atoms. The van der Waals surface area contributed by atoms with Gasteiger partial charge in [0, 0.05) is 0 Å². The van der Waals surface area contributed by atoms with Gasteiger partial charge in [0.05, 0.1) is 12.7 Å². The molecule has 12 heteroatoms. The van der Waals surface area contributed by atoms with Crippen LogP contribution in [-0.2, 0) is 4.74 Å². The summed E-state index contributed by atoms with van der Waals surface area (Å²) in [5.74, 6) is -12.9. The summed E-state index contributed by atoms with van der Waals surface area (Å²) in [6.07, 6.45) is -20.1. The van der Waals surface area contributed by atoms with Crippen molar-refractivity contribution < 1.29 is 53.7 Å². The van der Waals surface area contributed by atoms with Crippen LogP contribution in [0.1, 0.15) is 6.92 Å². The molecule has 0 heterocycles. The Bertz CT molecular complexity index is 292. The zero-order valence-corrected chi connectivity index (χ0v) is 9.50. The number of hydrogen-bond donors (Lipinski definition) is 1. The highest BCUT2D eigenvalue weighted by molar-refractivity contribution is 4.98. The molecule has 2 nitrogen and oxygen atoms in total. The van der Waals surface area contributed by atoms with Crippen LogP contribution >= 0.6 is 0 Å². The van der Waals surface area contributed by atoms with Crippen LogP contribution in [-0.4, -0.2) is 48.1 Å². The van der Waals surface area contributed by atoms with E-state index in [0.717, 1.165) is 6.92 Å². The van der Waals surface area contributed by atoms with E-state index in [1.807, 2.05) is 0 Å². The number of aliphatic hydroxyl groups is 1. The maximum absolute atomic E-state index is 12.8. The molecule has 0 aromatic rings. The molecule has 122 valence electrons. The van der Waals surface area contributed by atoms with Crippen molar-refractivity contribution in [3.05, 3.63) is 0 Å². The molecule has 0 bridgehead atoms. The molecule has 0 fully saturated rings. The van der Waals surface area contributed by atoms with Crippen molar-refractivity contribution in [2.75, 3.05) is 6.61 Å². The van der Waals surface area contributed by atoms with E-state index in [4.69, 9.17) is 5.11 Å². The van der Waals surface area contributed by atoms with Crippen LogP contribution in [0.3, 0.4) is 0 Å². The van der Waals surface area contributed by atoms with E-state index in [1.165, 1.54) is 0 Å². The summed E-state index contributed by atoms with van der Waals surface area (Å²) in [5, 5.41) is 8.56. The average molecular weight is 326 g/mol. The van der Waals surface area contributed by atoms with Gasteiger partial charge in [-0.3, -0.25) is 0 Å². The fourth-order valence-corrected chi connectivity index (χ4v) is 0.970. The Morgan fingerprint density at radius 2 is 1.10 bits per heavy atom. The summed E-state index contributed by atoms with van der Waals surface area (Å²) in [5.41, 5.74) is 0. The highest BCUT2D eigenvalue weighted by atomic mass is 19.4. The first-order valence-electron chi connectivity index (χ1n) is 4.74. The smallest absolute Gasteiger partial charge is 0.391 e. The minimum Gasteiger partial charge on any atom is -0.391 e. The summed E-state index contributed by atoms with van der Waals surface area (Å²) in [7, 11) is 0. The molecule has 0 aromatic carbocycles. The van der Waals surface area contributed by atoms with E-state index in [9.17, 15) is 43.9 Å². The summed E-state index contributed by atoms with van der Waals surface area (Å²) in [6, 6.07) is 0. The summed E-state index contributed by atoms with van der Waals surface area (Å²) < 4.78 is 126. The SMILES string of the molecule is CC(O)COC(C(F)(F)C(F)(F)F)C(F)(F)C(F)(F)F. The molecule has 0 saturated carbocycles. The minimum atomic E-state index is -6.69. The van der Waals surface area contributed by atoms with Crippen LogP contribution in [0.5, 0.6) is 0 Å². The lowest BCUT2D eigenvalue weighted by Crippen LogP contribution is -2.61. The molecule has 0 spiro atoms. The third kappa shape index (κ3) is 3.87. The van der Waals surface area contributed by atoms with Gasteiger partial charge < -0.3 is 9.84 Å². The quantitative estimate of drug-likeness (QED) is 0.787. The second-order valence-electron chi connectivity index (χ2n) is 3.80. The maximum Gasteiger partial charge on any atom is 0.456 e. The molecule has 1 atom stereocenters. The van der Waals surface area contributed by atoms with Gasteiger partial charge in [0.1, 0.15) is 0 Å². The number of halogens is 10. The van der Waals surface area contributed by atoms with Crippen molar-refractivity contribution in [3.63, 3.8) is 0 Å². The van der Waals surface area contributed by atoms with Crippen molar-refractivity contribution in [1.82, 2.24) is 0 Å². The molecule has 0 aromatic heterocycles. The molecular formula is C8H8F10O2. The molecule has 0 radical (unpaired) electrons. The zero-order chi connectivity index (χ0) is 16.6. The standard InChI is InChI=1S/C8H8F10O2/c1-3(19)2-20-4(5(9,10)7(13,14)15)6(11,12)8(16,17)18/h3-4,19H,2H2,1H3. The van der Waals surface area contributed by atoms with Gasteiger partial charge in [-0.25, -0.2) is 0 Å². The lowest BCUT2D eigenvalue weighted by Gasteiger charge is -2.34. The molecule has 0 aliphatic heterocycles. The van der Waals surface area contributed by atoms with Gasteiger partial charge in [0.15, 0.2) is 0 Å². The molecule has 0 amide bonds. The van der Waals surface area contributed by atoms with Crippen LogP contribution in [0.15, 0.2) is 0 Å². The molecular weight excluding hydrogens is 318 g/mol. The molecule has 0 saturated heterocycles. The molecule has 0 rings (SSSR count). The van der Waals surface area contributed by atoms with Crippen molar-refractivity contribution in [2.24, 2.45) is 0 Å². The van der Waals surface area contributed by atoms with Gasteiger partial charge in [0.25, 0.3) is 0 Å². The van der Waals surface area contributed by atoms with E-state index in [-0.39, 0.29) is 0 Å². The zero-order valence-electron chi connectivity index (χ0n) is 9.50. The van der Waals surface area contributed by atoms with E-state index in [2.05, 4.69) is 4.74 Å². The lowest BCUT2D eigenvalue weighted by molar-refractivity contribution is -0.392. The third-order valence-corrected chi connectivity index (χ3v) is 1.92. The Hall–Kier alpha value is -0.780. The number of ether oxygens (including phenoxy) is 1. The van der Waals surface area contributed by atoms with E-state index >= 15 is 0 Å². The van der Waals surface area contributed by atoms with Gasteiger partial charge in [-0.2, -0.15) is 43.9 Å². The number of rotatable bonds is 5. The fourth-order valence-electron chi connectivity index (χ4n) is 0.970. The Labute approximate surface area is 105 Å². The number of aliphatic hydroxyl groups excluding tert-OH is 1. The minimum absolute atomic E-state index is 0.731. The molecule has 1 N–H and O–H groups in total. The van der Waals surface area contributed by atoms with Crippen LogP contribution in [0.2, 0.25) is 0 Å². The normalized spacial score (nSPS) is 16.6. The van der Waals surface area contributed by atoms with Gasteiger partial charge >= 0.3 is 24.2 Å². The molecule has 0 aliphatic carbocycles. The Morgan fingerprint density at radius 1 is 0.800 bits per heavy atom. The Kier molecular flexibility index (Phi) is 5.33. The maximum atomic E-state index is 12.8.